The van der Waals surface area contributed by atoms with Gasteiger partial charge in [-0.1, -0.05) is 0 Å². The van der Waals surface area contributed by atoms with E-state index in [1.807, 2.05) is 0 Å². The molecule has 0 aliphatic rings. The summed E-state index contributed by atoms with van der Waals surface area (Å²) >= 11 is 0. The van der Waals surface area contributed by atoms with Crippen molar-refractivity contribution >= 4 is 17.5 Å². The Morgan fingerprint density at radius 2 is 2.00 bits per heavy atom. The maximum Gasteiger partial charge on any atom is 0.251 e. The van der Waals surface area contributed by atoms with E-state index in [1.165, 1.54) is 26.3 Å². The average molecular weight is 370 g/mol. The highest BCUT2D eigenvalue weighted by atomic mass is 19.1. The minimum atomic E-state index is -0.468. The molecular weight excluding hydrogens is 351 g/mol. The Hall–Kier alpha value is -3.49. The van der Waals surface area contributed by atoms with Crippen LogP contribution in [0.4, 0.5) is 16.0 Å². The first-order valence-electron chi connectivity index (χ1n) is 8.26. The predicted molar refractivity (Wildman–Crippen MR) is 97.7 cm³/mol. The van der Waals surface area contributed by atoms with Crippen molar-refractivity contribution in [2.24, 2.45) is 0 Å². The second-order valence-corrected chi connectivity index (χ2v) is 5.76. The third-order valence-corrected chi connectivity index (χ3v) is 3.97. The molecule has 3 N–H and O–H groups in total. The third-order valence-electron chi connectivity index (χ3n) is 3.97. The number of ether oxygens (including phenoxy) is 1. The molecule has 0 radical (unpaired) electrons. The van der Waals surface area contributed by atoms with E-state index in [0.29, 0.717) is 29.9 Å². The van der Waals surface area contributed by atoms with Gasteiger partial charge in [-0.3, -0.25) is 9.89 Å². The Balaban J connectivity index is 1.71. The number of carbonyl (C=O) groups excluding carboxylic acids is 1. The molecular formula is C18H19FN6O2. The standard InChI is InChI=1S/C18H19FN6O2/c1-20-17(26)13-5-12(16(19)15(6-13)27-2)4-3-11-7-21-18(22-8-11)25-14-9-23-24-10-14/h5-10H,3-4H2,1-2H3,(H,20,26)(H,23,24)(H,21,22,25). The number of benzene rings is 1. The fourth-order valence-electron chi connectivity index (χ4n) is 2.54. The minimum Gasteiger partial charge on any atom is -0.494 e. The van der Waals surface area contributed by atoms with Crippen LogP contribution in [0.3, 0.4) is 0 Å². The highest BCUT2D eigenvalue weighted by Gasteiger charge is 2.15. The smallest absolute Gasteiger partial charge is 0.251 e. The first-order valence-corrected chi connectivity index (χ1v) is 8.26. The van der Waals surface area contributed by atoms with Gasteiger partial charge in [0.25, 0.3) is 5.91 Å². The number of hydrogen-bond donors (Lipinski definition) is 3. The summed E-state index contributed by atoms with van der Waals surface area (Å²) < 4.78 is 19.5. The molecule has 9 heteroatoms. The molecule has 0 unspecified atom stereocenters. The number of rotatable bonds is 7. The topological polar surface area (TPSA) is 105 Å². The Labute approximate surface area is 155 Å². The molecule has 0 aliphatic heterocycles. The summed E-state index contributed by atoms with van der Waals surface area (Å²) in [6.07, 6.45) is 7.55. The Morgan fingerprint density at radius 3 is 2.63 bits per heavy atom. The van der Waals surface area contributed by atoms with Gasteiger partial charge in [0, 0.05) is 31.2 Å². The quantitative estimate of drug-likeness (QED) is 0.589. The zero-order valence-electron chi connectivity index (χ0n) is 14.9. The van der Waals surface area contributed by atoms with Crippen molar-refractivity contribution in [2.45, 2.75) is 12.8 Å². The summed E-state index contributed by atoms with van der Waals surface area (Å²) in [5.74, 6) is -0.284. The van der Waals surface area contributed by atoms with Crippen LogP contribution in [0.15, 0.2) is 36.9 Å². The fraction of sp³-hybridized carbons (Fsp3) is 0.222. The molecule has 27 heavy (non-hydrogen) atoms. The molecule has 3 rings (SSSR count). The molecule has 1 aromatic carbocycles. The zero-order valence-corrected chi connectivity index (χ0v) is 14.9. The molecule has 8 nitrogen and oxygen atoms in total. The minimum absolute atomic E-state index is 0.0435. The van der Waals surface area contributed by atoms with Gasteiger partial charge < -0.3 is 15.4 Å². The van der Waals surface area contributed by atoms with Gasteiger partial charge in [0.15, 0.2) is 11.6 Å². The lowest BCUT2D eigenvalue weighted by Gasteiger charge is -2.11. The van der Waals surface area contributed by atoms with Crippen molar-refractivity contribution in [3.05, 3.63) is 59.4 Å². The molecule has 0 fully saturated rings. The van der Waals surface area contributed by atoms with Gasteiger partial charge >= 0.3 is 0 Å². The fourth-order valence-corrected chi connectivity index (χ4v) is 2.54. The van der Waals surface area contributed by atoms with E-state index in [0.717, 1.165) is 11.3 Å². The number of H-pyrrole nitrogens is 1. The molecule has 0 spiro atoms. The van der Waals surface area contributed by atoms with Crippen molar-refractivity contribution in [2.75, 3.05) is 19.5 Å². The van der Waals surface area contributed by atoms with E-state index < -0.39 is 5.82 Å². The van der Waals surface area contributed by atoms with Crippen LogP contribution in [0, 0.1) is 5.82 Å². The van der Waals surface area contributed by atoms with Crippen molar-refractivity contribution in [3.8, 4) is 5.75 Å². The Kier molecular flexibility index (Phi) is 5.60. The second kappa shape index (κ2) is 8.26. The highest BCUT2D eigenvalue weighted by molar-refractivity contribution is 5.94. The van der Waals surface area contributed by atoms with Crippen molar-refractivity contribution in [1.82, 2.24) is 25.5 Å². The zero-order chi connectivity index (χ0) is 19.2. The number of amides is 1. The van der Waals surface area contributed by atoms with Crippen LogP contribution in [0.2, 0.25) is 0 Å². The van der Waals surface area contributed by atoms with Crippen LogP contribution in [0.25, 0.3) is 0 Å². The number of aromatic amines is 1. The van der Waals surface area contributed by atoms with E-state index in [-0.39, 0.29) is 11.7 Å². The van der Waals surface area contributed by atoms with Crippen LogP contribution in [0.5, 0.6) is 5.75 Å². The molecule has 1 amide bonds. The SMILES string of the molecule is CNC(=O)c1cc(CCc2cnc(Nc3cn[nH]c3)nc2)c(F)c(OC)c1. The van der Waals surface area contributed by atoms with Crippen molar-refractivity contribution in [1.29, 1.82) is 0 Å². The van der Waals surface area contributed by atoms with Gasteiger partial charge in [-0.2, -0.15) is 5.10 Å². The van der Waals surface area contributed by atoms with Crippen LogP contribution in [-0.2, 0) is 12.8 Å². The molecule has 0 saturated carbocycles. The number of nitrogens with one attached hydrogen (secondary N) is 3. The lowest BCUT2D eigenvalue weighted by molar-refractivity contribution is 0.0962. The number of carbonyl (C=O) groups is 1. The summed E-state index contributed by atoms with van der Waals surface area (Å²) in [5, 5.41) is 12.0. The normalized spacial score (nSPS) is 10.5. The van der Waals surface area contributed by atoms with E-state index >= 15 is 0 Å². The monoisotopic (exact) mass is 370 g/mol. The summed E-state index contributed by atoms with van der Waals surface area (Å²) in [5.41, 5.74) is 2.34. The van der Waals surface area contributed by atoms with E-state index in [2.05, 4.69) is 30.8 Å². The molecule has 3 aromatic rings. The van der Waals surface area contributed by atoms with Crippen LogP contribution < -0.4 is 15.4 Å². The number of hydrogen-bond acceptors (Lipinski definition) is 6. The summed E-state index contributed by atoms with van der Waals surface area (Å²) in [6.45, 7) is 0. The largest absolute Gasteiger partial charge is 0.494 e. The van der Waals surface area contributed by atoms with Crippen LogP contribution in [0.1, 0.15) is 21.5 Å². The Bertz CT molecular complexity index is 912. The second-order valence-electron chi connectivity index (χ2n) is 5.76. The molecule has 0 aliphatic carbocycles. The van der Waals surface area contributed by atoms with Gasteiger partial charge in [-0.05, 0) is 36.1 Å². The lowest BCUT2D eigenvalue weighted by atomic mass is 10.0. The summed E-state index contributed by atoms with van der Waals surface area (Å²) in [4.78, 5) is 20.3. The molecule has 2 heterocycles. The maximum atomic E-state index is 14.5. The average Bonchev–Trinajstić information content (AvgIpc) is 3.20. The van der Waals surface area contributed by atoms with E-state index in [4.69, 9.17) is 4.74 Å². The first kappa shape index (κ1) is 18.3. The van der Waals surface area contributed by atoms with Gasteiger partial charge in [-0.15, -0.1) is 0 Å². The molecule has 2 aromatic heterocycles. The highest BCUT2D eigenvalue weighted by Crippen LogP contribution is 2.24. The van der Waals surface area contributed by atoms with Crippen molar-refractivity contribution in [3.63, 3.8) is 0 Å². The maximum absolute atomic E-state index is 14.5. The molecule has 0 saturated heterocycles. The summed E-state index contributed by atoms with van der Waals surface area (Å²) in [7, 11) is 2.89. The number of nitrogens with zero attached hydrogens (tertiary/aromatic N) is 3. The first-order chi connectivity index (χ1) is 13.1. The number of anilines is 2. The predicted octanol–water partition coefficient (Wildman–Crippen LogP) is 2.24. The van der Waals surface area contributed by atoms with Crippen molar-refractivity contribution < 1.29 is 13.9 Å². The van der Waals surface area contributed by atoms with Gasteiger partial charge in [0.2, 0.25) is 5.95 Å². The third kappa shape index (κ3) is 4.38. The number of methoxy groups -OCH3 is 1. The summed E-state index contributed by atoms with van der Waals surface area (Å²) in [6, 6.07) is 2.92. The number of aromatic nitrogens is 4. The van der Waals surface area contributed by atoms with Crippen LogP contribution >= 0.6 is 0 Å². The molecule has 0 atom stereocenters. The number of halogens is 1. The molecule has 140 valence electrons. The van der Waals surface area contributed by atoms with Gasteiger partial charge in [0.05, 0.1) is 19.0 Å². The lowest BCUT2D eigenvalue weighted by Crippen LogP contribution is -2.18. The van der Waals surface area contributed by atoms with Gasteiger partial charge in [-0.25, -0.2) is 14.4 Å². The Morgan fingerprint density at radius 1 is 1.22 bits per heavy atom. The van der Waals surface area contributed by atoms with Gasteiger partial charge in [0.1, 0.15) is 0 Å². The number of aryl methyl sites for hydroxylation is 2. The molecule has 0 bridgehead atoms. The van der Waals surface area contributed by atoms with Crippen LogP contribution in [-0.4, -0.2) is 40.2 Å². The van der Waals surface area contributed by atoms with E-state index in [9.17, 15) is 9.18 Å². The van der Waals surface area contributed by atoms with E-state index in [1.54, 1.807) is 24.8 Å².